The molecule has 1 aromatic rings. The lowest BCUT2D eigenvalue weighted by molar-refractivity contribution is 0.0697. The van der Waals surface area contributed by atoms with Crippen LogP contribution in [0.3, 0.4) is 0 Å². The van der Waals surface area contributed by atoms with E-state index in [1.54, 1.807) is 0 Å². The number of carbonyl (C=O) groups is 1. The third-order valence-electron chi connectivity index (χ3n) is 3.49. The van der Waals surface area contributed by atoms with Gasteiger partial charge in [0.2, 0.25) is 10.0 Å². The number of hydrogen-bond acceptors (Lipinski definition) is 3. The van der Waals surface area contributed by atoms with Gasteiger partial charge in [-0.2, -0.15) is 4.31 Å². The summed E-state index contributed by atoms with van der Waals surface area (Å²) in [4.78, 5) is 10.9. The van der Waals surface area contributed by atoms with Gasteiger partial charge in [0.25, 0.3) is 0 Å². The third-order valence-corrected chi connectivity index (χ3v) is 6.13. The number of rotatable bonds is 3. The van der Waals surface area contributed by atoms with E-state index in [0.717, 1.165) is 25.0 Å². The third kappa shape index (κ3) is 3.34. The molecule has 2 rings (SSSR count). The van der Waals surface area contributed by atoms with Gasteiger partial charge in [0.15, 0.2) is 0 Å². The molecule has 0 amide bonds. The average Bonchev–Trinajstić information content (AvgIpc) is 2.37. The van der Waals surface area contributed by atoms with Crippen LogP contribution in [-0.2, 0) is 10.0 Å². The molecule has 1 aliphatic rings. The van der Waals surface area contributed by atoms with Crippen LogP contribution < -0.4 is 0 Å². The summed E-state index contributed by atoms with van der Waals surface area (Å²) in [6.45, 7) is 2.80. The maximum Gasteiger partial charge on any atom is 0.337 e. The highest BCUT2D eigenvalue weighted by Crippen LogP contribution is 2.32. The summed E-state index contributed by atoms with van der Waals surface area (Å²) < 4.78 is 26.6. The molecule has 1 fully saturated rings. The molecule has 5 nitrogen and oxygen atoms in total. The molecular weight excluding hydrogens is 337 g/mol. The van der Waals surface area contributed by atoms with E-state index in [1.165, 1.54) is 4.31 Å². The van der Waals surface area contributed by atoms with Gasteiger partial charge in [-0.05, 0) is 30.9 Å². The largest absolute Gasteiger partial charge is 0.478 e. The number of benzene rings is 1. The van der Waals surface area contributed by atoms with Gasteiger partial charge in [0.05, 0.1) is 15.6 Å². The minimum Gasteiger partial charge on any atom is -0.478 e. The zero-order valence-electron chi connectivity index (χ0n) is 11.3. The molecule has 1 aliphatic heterocycles. The topological polar surface area (TPSA) is 74.7 Å². The van der Waals surface area contributed by atoms with Crippen LogP contribution in [0.4, 0.5) is 0 Å². The Morgan fingerprint density at radius 3 is 2.57 bits per heavy atom. The lowest BCUT2D eigenvalue weighted by Crippen LogP contribution is -2.39. The summed E-state index contributed by atoms with van der Waals surface area (Å²) >= 11 is 11.7. The average molecular weight is 352 g/mol. The first kappa shape index (κ1) is 16.5. The second-order valence-corrected chi connectivity index (χ2v) is 7.90. The lowest BCUT2D eigenvalue weighted by atomic mass is 10.0. The number of carboxylic acids is 1. The highest BCUT2D eigenvalue weighted by atomic mass is 35.5. The Labute approximate surface area is 133 Å². The molecule has 1 heterocycles. The van der Waals surface area contributed by atoms with Crippen LogP contribution in [0.1, 0.15) is 30.1 Å². The Balaban J connectivity index is 2.49. The second kappa shape index (κ2) is 6.12. The van der Waals surface area contributed by atoms with Crippen LogP contribution in [0, 0.1) is 5.92 Å². The van der Waals surface area contributed by atoms with E-state index < -0.39 is 16.0 Å². The number of carboxylic acid groups (broad SMARTS) is 1. The van der Waals surface area contributed by atoms with Crippen LogP contribution in [0.5, 0.6) is 0 Å². The smallest absolute Gasteiger partial charge is 0.337 e. The molecule has 0 spiro atoms. The summed E-state index contributed by atoms with van der Waals surface area (Å²) in [5.74, 6) is -1.03. The van der Waals surface area contributed by atoms with Crippen molar-refractivity contribution in [1.82, 2.24) is 4.31 Å². The Morgan fingerprint density at radius 1 is 1.33 bits per heavy atom. The zero-order chi connectivity index (χ0) is 15.8. The van der Waals surface area contributed by atoms with Crippen molar-refractivity contribution in [2.75, 3.05) is 13.1 Å². The minimum atomic E-state index is -3.82. The zero-order valence-corrected chi connectivity index (χ0v) is 13.7. The second-order valence-electron chi connectivity index (χ2n) is 5.18. The quantitative estimate of drug-likeness (QED) is 0.907. The van der Waals surface area contributed by atoms with E-state index in [-0.39, 0.29) is 26.4 Å². The van der Waals surface area contributed by atoms with Gasteiger partial charge in [0.1, 0.15) is 4.90 Å². The van der Waals surface area contributed by atoms with Crippen LogP contribution in [0.15, 0.2) is 17.0 Å². The van der Waals surface area contributed by atoms with E-state index >= 15 is 0 Å². The first-order chi connectivity index (χ1) is 9.73. The molecule has 1 atom stereocenters. The fourth-order valence-electron chi connectivity index (χ4n) is 2.39. The van der Waals surface area contributed by atoms with Crippen LogP contribution in [0.2, 0.25) is 10.0 Å². The number of nitrogens with zero attached hydrogens (tertiary/aromatic N) is 1. The van der Waals surface area contributed by atoms with Crippen LogP contribution in [-0.4, -0.2) is 36.9 Å². The van der Waals surface area contributed by atoms with Gasteiger partial charge in [0, 0.05) is 13.1 Å². The normalized spacial score (nSPS) is 20.4. The number of halogens is 2. The Morgan fingerprint density at radius 2 is 2.00 bits per heavy atom. The van der Waals surface area contributed by atoms with Crippen molar-refractivity contribution in [3.63, 3.8) is 0 Å². The molecule has 1 N–H and O–H groups in total. The number of piperidine rings is 1. The molecule has 0 radical (unpaired) electrons. The lowest BCUT2D eigenvalue weighted by Gasteiger charge is -2.30. The number of sulfonamides is 1. The van der Waals surface area contributed by atoms with Gasteiger partial charge in [-0.1, -0.05) is 30.1 Å². The van der Waals surface area contributed by atoms with Crippen LogP contribution >= 0.6 is 23.2 Å². The maximum absolute atomic E-state index is 12.6. The highest BCUT2D eigenvalue weighted by molar-refractivity contribution is 7.89. The Kier molecular flexibility index (Phi) is 4.82. The van der Waals surface area contributed by atoms with E-state index in [2.05, 4.69) is 0 Å². The fraction of sp³-hybridized carbons (Fsp3) is 0.462. The first-order valence-electron chi connectivity index (χ1n) is 6.46. The van der Waals surface area contributed by atoms with Gasteiger partial charge in [-0.15, -0.1) is 0 Å². The van der Waals surface area contributed by atoms with Crippen molar-refractivity contribution in [3.05, 3.63) is 27.7 Å². The molecule has 21 heavy (non-hydrogen) atoms. The maximum atomic E-state index is 12.6. The number of aromatic carboxylic acids is 1. The van der Waals surface area contributed by atoms with Crippen molar-refractivity contribution < 1.29 is 18.3 Å². The molecule has 8 heteroatoms. The molecule has 1 aromatic carbocycles. The standard InChI is InChI=1S/C13H15Cl2NO4S/c1-8-3-2-4-16(7-8)21(19,20)12-5-9(13(17)18)10(14)6-11(12)15/h5-6,8H,2-4,7H2,1H3,(H,17,18)/t8-/m0/s1. The van der Waals surface area contributed by atoms with Crippen molar-refractivity contribution in [2.24, 2.45) is 5.92 Å². The van der Waals surface area contributed by atoms with E-state index in [9.17, 15) is 13.2 Å². The highest BCUT2D eigenvalue weighted by Gasteiger charge is 2.31. The molecule has 1 saturated heterocycles. The van der Waals surface area contributed by atoms with E-state index in [4.69, 9.17) is 28.3 Å². The minimum absolute atomic E-state index is 0.0665. The molecular formula is C13H15Cl2NO4S. The van der Waals surface area contributed by atoms with Gasteiger partial charge >= 0.3 is 5.97 Å². The summed E-state index contributed by atoms with van der Waals surface area (Å²) in [5, 5.41) is 8.91. The number of hydrogen-bond donors (Lipinski definition) is 1. The van der Waals surface area contributed by atoms with Crippen molar-refractivity contribution in [3.8, 4) is 0 Å². The molecule has 0 unspecified atom stereocenters. The van der Waals surface area contributed by atoms with E-state index in [0.29, 0.717) is 13.1 Å². The first-order valence-corrected chi connectivity index (χ1v) is 8.65. The predicted octanol–water partition coefficient (Wildman–Crippen LogP) is 3.11. The van der Waals surface area contributed by atoms with Gasteiger partial charge < -0.3 is 5.11 Å². The fourth-order valence-corrected chi connectivity index (χ4v) is 4.82. The molecule has 0 saturated carbocycles. The summed E-state index contributed by atoms with van der Waals surface area (Å²) in [6.07, 6.45) is 1.75. The summed E-state index contributed by atoms with van der Waals surface area (Å²) in [7, 11) is -3.82. The van der Waals surface area contributed by atoms with E-state index in [1.807, 2.05) is 6.92 Å². The molecule has 0 aromatic heterocycles. The molecule has 116 valence electrons. The molecule has 0 bridgehead atoms. The van der Waals surface area contributed by atoms with Crippen LogP contribution in [0.25, 0.3) is 0 Å². The van der Waals surface area contributed by atoms with Gasteiger partial charge in [-0.3, -0.25) is 0 Å². The molecule has 0 aliphatic carbocycles. The van der Waals surface area contributed by atoms with Crippen molar-refractivity contribution in [1.29, 1.82) is 0 Å². The van der Waals surface area contributed by atoms with Crippen molar-refractivity contribution >= 4 is 39.2 Å². The monoisotopic (exact) mass is 351 g/mol. The Hall–Kier alpha value is -0.820. The Bertz CT molecular complexity index is 675. The summed E-state index contributed by atoms with van der Waals surface area (Å²) in [5.41, 5.74) is -0.273. The SMILES string of the molecule is C[C@H]1CCCN(S(=O)(=O)c2cc(C(=O)O)c(Cl)cc2Cl)C1. The van der Waals surface area contributed by atoms with Crippen molar-refractivity contribution in [2.45, 2.75) is 24.7 Å². The predicted molar refractivity (Wildman–Crippen MR) is 80.6 cm³/mol. The summed E-state index contributed by atoms with van der Waals surface area (Å²) in [6, 6.07) is 2.19. The van der Waals surface area contributed by atoms with Gasteiger partial charge in [-0.25, -0.2) is 13.2 Å².